The normalized spacial score (nSPS) is 11.1. The fourth-order valence-corrected chi connectivity index (χ4v) is 1.81. The molecule has 0 saturated heterocycles. The van der Waals surface area contributed by atoms with Crippen LogP contribution in [0.1, 0.15) is 31.3 Å². The molecule has 74 valence electrons. The van der Waals surface area contributed by atoms with Gasteiger partial charge < -0.3 is 4.57 Å². The minimum atomic E-state index is 0.441. The maximum absolute atomic E-state index is 4.31. The summed E-state index contributed by atoms with van der Waals surface area (Å²) in [5, 5.41) is 0. The van der Waals surface area contributed by atoms with Gasteiger partial charge in [-0.2, -0.15) is 8.75 Å². The van der Waals surface area contributed by atoms with Crippen LogP contribution >= 0.6 is 11.7 Å². The van der Waals surface area contributed by atoms with Crippen molar-refractivity contribution in [2.75, 3.05) is 0 Å². The van der Waals surface area contributed by atoms with Crippen LogP contribution < -0.4 is 0 Å². The third-order valence-electron chi connectivity index (χ3n) is 2.00. The zero-order valence-corrected chi connectivity index (χ0v) is 9.03. The summed E-state index contributed by atoms with van der Waals surface area (Å²) in [6.45, 7) is 5.04. The molecule has 5 heteroatoms. The molecule has 0 radical (unpaired) electrons. The van der Waals surface area contributed by atoms with E-state index in [1.165, 1.54) is 11.7 Å². The molecular weight excluding hydrogens is 196 g/mol. The topological polar surface area (TPSA) is 43.6 Å². The number of hydrogen-bond donors (Lipinski definition) is 0. The lowest BCUT2D eigenvalue weighted by molar-refractivity contribution is 0.664. The van der Waals surface area contributed by atoms with E-state index in [-0.39, 0.29) is 0 Å². The van der Waals surface area contributed by atoms with Gasteiger partial charge >= 0.3 is 0 Å². The zero-order valence-electron chi connectivity index (χ0n) is 8.21. The van der Waals surface area contributed by atoms with Crippen LogP contribution in [0.15, 0.2) is 18.6 Å². The Morgan fingerprint density at radius 1 is 1.50 bits per heavy atom. The summed E-state index contributed by atoms with van der Waals surface area (Å²) < 4.78 is 10.3. The highest BCUT2D eigenvalue weighted by molar-refractivity contribution is 6.99. The number of aromatic nitrogens is 4. The molecule has 0 aliphatic heterocycles. The molecule has 14 heavy (non-hydrogen) atoms. The van der Waals surface area contributed by atoms with Crippen LogP contribution in [0.2, 0.25) is 0 Å². The van der Waals surface area contributed by atoms with Gasteiger partial charge in [-0.05, 0) is 0 Å². The molecule has 2 aromatic heterocycles. The van der Waals surface area contributed by atoms with E-state index >= 15 is 0 Å². The predicted molar refractivity (Wildman–Crippen MR) is 55.3 cm³/mol. The highest BCUT2D eigenvalue weighted by Gasteiger charge is 2.07. The third kappa shape index (κ3) is 1.82. The van der Waals surface area contributed by atoms with E-state index in [1.54, 1.807) is 6.20 Å². The van der Waals surface area contributed by atoms with Crippen LogP contribution in [0.3, 0.4) is 0 Å². The van der Waals surface area contributed by atoms with Crippen LogP contribution in [0.25, 0.3) is 0 Å². The Morgan fingerprint density at radius 3 is 3.00 bits per heavy atom. The summed E-state index contributed by atoms with van der Waals surface area (Å²) in [7, 11) is 0. The number of nitrogens with zero attached hydrogens (tertiary/aromatic N) is 4. The highest BCUT2D eigenvalue weighted by atomic mass is 32.1. The molecule has 0 unspecified atom stereocenters. The molecule has 0 bridgehead atoms. The summed E-state index contributed by atoms with van der Waals surface area (Å²) in [5.74, 6) is 1.54. The maximum Gasteiger partial charge on any atom is 0.111 e. The molecule has 0 aromatic carbocycles. The van der Waals surface area contributed by atoms with Gasteiger partial charge in [-0.3, -0.25) is 0 Å². The van der Waals surface area contributed by atoms with Gasteiger partial charge in [0.1, 0.15) is 5.82 Å². The maximum atomic E-state index is 4.31. The fourth-order valence-electron chi connectivity index (χ4n) is 1.38. The Bertz CT molecular complexity index is 391. The van der Waals surface area contributed by atoms with Gasteiger partial charge in [-0.1, -0.05) is 13.8 Å². The summed E-state index contributed by atoms with van der Waals surface area (Å²) >= 11 is 1.24. The van der Waals surface area contributed by atoms with Crippen LogP contribution in [-0.2, 0) is 6.54 Å². The lowest BCUT2D eigenvalue weighted by Gasteiger charge is -2.07. The minimum absolute atomic E-state index is 0.441. The summed E-state index contributed by atoms with van der Waals surface area (Å²) in [6.07, 6.45) is 5.61. The van der Waals surface area contributed by atoms with Gasteiger partial charge in [-0.25, -0.2) is 4.98 Å². The van der Waals surface area contributed by atoms with Gasteiger partial charge in [0.15, 0.2) is 0 Å². The Labute approximate surface area is 86.9 Å². The van der Waals surface area contributed by atoms with Crippen LogP contribution in [0.5, 0.6) is 0 Å². The van der Waals surface area contributed by atoms with Crippen LogP contribution in [0.4, 0.5) is 0 Å². The number of rotatable bonds is 3. The van der Waals surface area contributed by atoms with Crippen LogP contribution in [0, 0.1) is 0 Å². The van der Waals surface area contributed by atoms with Crippen molar-refractivity contribution in [2.45, 2.75) is 26.3 Å². The molecule has 2 heterocycles. The summed E-state index contributed by atoms with van der Waals surface area (Å²) in [4.78, 5) is 4.31. The molecule has 0 fully saturated rings. The van der Waals surface area contributed by atoms with E-state index in [9.17, 15) is 0 Å². The van der Waals surface area contributed by atoms with Crippen molar-refractivity contribution in [3.8, 4) is 0 Å². The standard InChI is InChI=1S/C9H12N4S/c1-7(2)9-10-3-4-13(9)6-8-5-11-14-12-8/h3-5,7H,6H2,1-2H3. The first kappa shape index (κ1) is 9.33. The molecule has 0 saturated carbocycles. The fraction of sp³-hybridized carbons (Fsp3) is 0.444. The van der Waals surface area contributed by atoms with E-state index in [2.05, 4.69) is 32.1 Å². The molecule has 2 rings (SSSR count). The minimum Gasteiger partial charge on any atom is -0.329 e. The number of imidazole rings is 1. The smallest absolute Gasteiger partial charge is 0.111 e. The molecule has 0 aliphatic carbocycles. The third-order valence-corrected chi connectivity index (χ3v) is 2.52. The lowest BCUT2D eigenvalue weighted by Crippen LogP contribution is -2.05. The first-order valence-corrected chi connectivity index (χ1v) is 5.28. The predicted octanol–water partition coefficient (Wildman–Crippen LogP) is 1.91. The second-order valence-corrected chi connectivity index (χ2v) is 4.02. The first-order valence-electron chi connectivity index (χ1n) is 4.55. The summed E-state index contributed by atoms with van der Waals surface area (Å²) in [5.41, 5.74) is 0.995. The van der Waals surface area contributed by atoms with E-state index in [0.717, 1.165) is 18.1 Å². The SMILES string of the molecule is CC(C)c1nccn1Cc1cnsn1. The Kier molecular flexibility index (Phi) is 2.58. The Balaban J connectivity index is 2.21. The van der Waals surface area contributed by atoms with Crippen molar-refractivity contribution < 1.29 is 0 Å². The van der Waals surface area contributed by atoms with Crippen molar-refractivity contribution in [2.24, 2.45) is 0 Å². The molecule has 0 aliphatic rings. The Morgan fingerprint density at radius 2 is 2.36 bits per heavy atom. The average molecular weight is 208 g/mol. The van der Waals surface area contributed by atoms with Gasteiger partial charge in [-0.15, -0.1) is 0 Å². The zero-order chi connectivity index (χ0) is 9.97. The second-order valence-electron chi connectivity index (χ2n) is 3.47. The van der Waals surface area contributed by atoms with Crippen molar-refractivity contribution in [3.63, 3.8) is 0 Å². The molecule has 0 N–H and O–H groups in total. The number of hydrogen-bond acceptors (Lipinski definition) is 4. The van der Waals surface area contributed by atoms with Crippen molar-refractivity contribution >= 4 is 11.7 Å². The second kappa shape index (κ2) is 3.88. The van der Waals surface area contributed by atoms with Crippen molar-refractivity contribution in [1.29, 1.82) is 0 Å². The van der Waals surface area contributed by atoms with E-state index < -0.39 is 0 Å². The quantitative estimate of drug-likeness (QED) is 0.773. The first-order chi connectivity index (χ1) is 6.77. The van der Waals surface area contributed by atoms with E-state index in [1.807, 2.05) is 12.4 Å². The Hall–Kier alpha value is -1.23. The van der Waals surface area contributed by atoms with E-state index in [4.69, 9.17) is 0 Å². The molecule has 0 amide bonds. The van der Waals surface area contributed by atoms with Crippen LogP contribution in [-0.4, -0.2) is 18.3 Å². The average Bonchev–Trinajstić information content (AvgIpc) is 2.75. The molecular formula is C9H12N4S. The summed E-state index contributed by atoms with van der Waals surface area (Å²) in [6, 6.07) is 0. The molecule has 2 aromatic rings. The van der Waals surface area contributed by atoms with Crippen molar-refractivity contribution in [1.82, 2.24) is 18.3 Å². The molecule has 0 atom stereocenters. The van der Waals surface area contributed by atoms with E-state index in [0.29, 0.717) is 5.92 Å². The van der Waals surface area contributed by atoms with Gasteiger partial charge in [0.05, 0.1) is 30.2 Å². The highest BCUT2D eigenvalue weighted by Crippen LogP contribution is 2.12. The monoisotopic (exact) mass is 208 g/mol. The van der Waals surface area contributed by atoms with Crippen molar-refractivity contribution in [3.05, 3.63) is 30.1 Å². The van der Waals surface area contributed by atoms with Gasteiger partial charge in [0.25, 0.3) is 0 Å². The molecule has 0 spiro atoms. The largest absolute Gasteiger partial charge is 0.329 e. The van der Waals surface area contributed by atoms with Gasteiger partial charge in [0, 0.05) is 18.3 Å². The van der Waals surface area contributed by atoms with Gasteiger partial charge in [0.2, 0.25) is 0 Å². The molecule has 4 nitrogen and oxygen atoms in total. The lowest BCUT2D eigenvalue weighted by atomic mass is 10.2.